The van der Waals surface area contributed by atoms with Crippen molar-refractivity contribution >= 4 is 45.2 Å². The Kier molecular flexibility index (Phi) is 6.78. The fourth-order valence-electron chi connectivity index (χ4n) is 4.59. The van der Waals surface area contributed by atoms with Gasteiger partial charge in [-0.05, 0) is 23.8 Å². The molecule has 1 aromatic carbocycles. The SMILES string of the molecule is CC(=O)N1CCN(c2cc(CNc3nc(NCc4cccc5c4OCCO5)nc4scnc34)ccn2)CC1. The van der Waals surface area contributed by atoms with Gasteiger partial charge in [-0.25, -0.2) is 15.0 Å². The summed E-state index contributed by atoms with van der Waals surface area (Å²) in [5, 5.41) is 6.77. The maximum Gasteiger partial charge on any atom is 0.226 e. The lowest BCUT2D eigenvalue weighted by Crippen LogP contribution is -2.48. The maximum atomic E-state index is 11.6. The summed E-state index contributed by atoms with van der Waals surface area (Å²) in [5.74, 6) is 3.73. The molecule has 3 aromatic heterocycles. The molecule has 12 heteroatoms. The summed E-state index contributed by atoms with van der Waals surface area (Å²) in [7, 11) is 0. The van der Waals surface area contributed by atoms with Crippen LogP contribution in [0.4, 0.5) is 17.6 Å². The van der Waals surface area contributed by atoms with Gasteiger partial charge >= 0.3 is 0 Å². The number of carbonyl (C=O) groups is 1. The molecular weight excluding hydrogens is 504 g/mol. The zero-order valence-electron chi connectivity index (χ0n) is 21.0. The van der Waals surface area contributed by atoms with E-state index in [0.29, 0.717) is 51.2 Å². The fraction of sp³-hybridized carbons (Fsp3) is 0.346. The van der Waals surface area contributed by atoms with Crippen LogP contribution in [-0.4, -0.2) is 70.1 Å². The van der Waals surface area contributed by atoms with Crippen LogP contribution in [0.5, 0.6) is 11.5 Å². The normalized spacial score (nSPS) is 15.0. The van der Waals surface area contributed by atoms with Crippen molar-refractivity contribution in [2.24, 2.45) is 0 Å². The number of aromatic nitrogens is 4. The van der Waals surface area contributed by atoms with Gasteiger partial charge in [0.05, 0.1) is 5.51 Å². The molecule has 0 unspecified atom stereocenters. The summed E-state index contributed by atoms with van der Waals surface area (Å²) in [6, 6.07) is 9.94. The Morgan fingerprint density at radius 3 is 2.76 bits per heavy atom. The Hall–Kier alpha value is -4.19. The first-order chi connectivity index (χ1) is 18.6. The number of rotatable bonds is 7. The minimum Gasteiger partial charge on any atom is -0.486 e. The highest BCUT2D eigenvalue weighted by molar-refractivity contribution is 7.16. The maximum absolute atomic E-state index is 11.6. The highest BCUT2D eigenvalue weighted by Crippen LogP contribution is 2.34. The van der Waals surface area contributed by atoms with Crippen molar-refractivity contribution < 1.29 is 14.3 Å². The van der Waals surface area contributed by atoms with Gasteiger partial charge in [0.2, 0.25) is 11.9 Å². The van der Waals surface area contributed by atoms with Crippen LogP contribution in [0.25, 0.3) is 10.3 Å². The lowest BCUT2D eigenvalue weighted by atomic mass is 10.1. The topological polar surface area (TPSA) is 118 Å². The van der Waals surface area contributed by atoms with E-state index in [1.165, 1.54) is 11.3 Å². The van der Waals surface area contributed by atoms with Gasteiger partial charge in [-0.2, -0.15) is 4.98 Å². The minimum atomic E-state index is 0.119. The standard InChI is InChI=1S/C26H28N8O3S/c1-17(35)33-7-9-34(10-8-33)21-13-18(5-6-27-21)14-28-24-22-25(38-16-30-22)32-26(31-24)29-15-19-3-2-4-20-23(19)37-12-11-36-20/h2-6,13,16H,7-12,14-15H2,1H3,(H2,28,29,31,32). The molecule has 38 heavy (non-hydrogen) atoms. The second-order valence-corrected chi connectivity index (χ2v) is 9.90. The largest absolute Gasteiger partial charge is 0.486 e. The summed E-state index contributed by atoms with van der Waals surface area (Å²) < 4.78 is 11.5. The summed E-state index contributed by atoms with van der Waals surface area (Å²) >= 11 is 1.47. The molecule has 0 atom stereocenters. The lowest BCUT2D eigenvalue weighted by molar-refractivity contribution is -0.129. The molecular formula is C26H28N8O3S. The third kappa shape index (κ3) is 5.12. The molecule has 0 saturated carbocycles. The lowest BCUT2D eigenvalue weighted by Gasteiger charge is -2.35. The number of nitrogens with zero attached hydrogens (tertiary/aromatic N) is 6. The van der Waals surface area contributed by atoms with E-state index in [0.717, 1.165) is 51.9 Å². The summed E-state index contributed by atoms with van der Waals surface area (Å²) in [4.78, 5) is 34.9. The highest BCUT2D eigenvalue weighted by atomic mass is 32.1. The van der Waals surface area contributed by atoms with Crippen molar-refractivity contribution in [2.45, 2.75) is 20.0 Å². The van der Waals surface area contributed by atoms with Gasteiger partial charge in [0.15, 0.2) is 22.1 Å². The van der Waals surface area contributed by atoms with Crippen LogP contribution >= 0.6 is 11.3 Å². The Balaban J connectivity index is 1.15. The van der Waals surface area contributed by atoms with Crippen LogP contribution in [0, 0.1) is 0 Å². The van der Waals surface area contributed by atoms with E-state index >= 15 is 0 Å². The van der Waals surface area contributed by atoms with Crippen LogP contribution in [0.2, 0.25) is 0 Å². The number of hydrogen-bond acceptors (Lipinski definition) is 11. The third-order valence-corrected chi connectivity index (χ3v) is 7.32. The van der Waals surface area contributed by atoms with Crippen molar-refractivity contribution in [1.82, 2.24) is 24.8 Å². The highest BCUT2D eigenvalue weighted by Gasteiger charge is 2.20. The number of carbonyl (C=O) groups excluding carboxylic acids is 1. The molecule has 0 radical (unpaired) electrons. The van der Waals surface area contributed by atoms with E-state index in [4.69, 9.17) is 14.5 Å². The zero-order valence-corrected chi connectivity index (χ0v) is 21.8. The number of piperazine rings is 1. The van der Waals surface area contributed by atoms with E-state index in [1.54, 1.807) is 12.4 Å². The smallest absolute Gasteiger partial charge is 0.226 e. The molecule has 1 amide bonds. The van der Waals surface area contributed by atoms with E-state index in [1.807, 2.05) is 35.4 Å². The quantitative estimate of drug-likeness (QED) is 0.368. The number of thiazole rings is 1. The predicted octanol–water partition coefficient (Wildman–Crippen LogP) is 3.15. The van der Waals surface area contributed by atoms with E-state index in [9.17, 15) is 4.79 Å². The molecule has 4 aromatic rings. The third-order valence-electron chi connectivity index (χ3n) is 6.60. The van der Waals surface area contributed by atoms with Gasteiger partial charge in [-0.15, -0.1) is 11.3 Å². The molecule has 11 nitrogen and oxygen atoms in total. The number of amides is 1. The number of ether oxygens (including phenoxy) is 2. The molecule has 1 fully saturated rings. The van der Waals surface area contributed by atoms with Crippen LogP contribution in [0.1, 0.15) is 18.1 Å². The van der Waals surface area contributed by atoms with Crippen LogP contribution in [-0.2, 0) is 17.9 Å². The molecule has 0 bridgehead atoms. The molecule has 0 spiro atoms. The van der Waals surface area contributed by atoms with E-state index in [-0.39, 0.29) is 5.91 Å². The van der Waals surface area contributed by atoms with Crippen LogP contribution in [0.15, 0.2) is 42.0 Å². The van der Waals surface area contributed by atoms with Gasteiger partial charge in [0.1, 0.15) is 24.5 Å². The average Bonchev–Trinajstić information content (AvgIpc) is 3.44. The monoisotopic (exact) mass is 532 g/mol. The Morgan fingerprint density at radius 2 is 1.89 bits per heavy atom. The van der Waals surface area contributed by atoms with Crippen molar-refractivity contribution in [1.29, 1.82) is 0 Å². The van der Waals surface area contributed by atoms with Gasteiger partial charge < -0.3 is 29.9 Å². The second-order valence-electron chi connectivity index (χ2n) is 9.07. The zero-order chi connectivity index (χ0) is 25.9. The Bertz CT molecular complexity index is 1450. The van der Waals surface area contributed by atoms with E-state index in [2.05, 4.69) is 36.6 Å². The van der Waals surface area contributed by atoms with Gasteiger partial charge in [0, 0.05) is 58.0 Å². The van der Waals surface area contributed by atoms with Crippen LogP contribution < -0.4 is 25.0 Å². The van der Waals surface area contributed by atoms with Crippen molar-refractivity contribution in [2.75, 3.05) is 54.9 Å². The molecule has 2 aliphatic rings. The number of pyridine rings is 1. The number of fused-ring (bicyclic) bond motifs is 2. The van der Waals surface area contributed by atoms with Crippen molar-refractivity contribution in [3.63, 3.8) is 0 Å². The number of benzene rings is 1. The molecule has 2 aliphatic heterocycles. The molecule has 5 heterocycles. The fourth-order valence-corrected chi connectivity index (χ4v) is 5.25. The molecule has 2 N–H and O–H groups in total. The number of para-hydroxylation sites is 1. The summed E-state index contributed by atoms with van der Waals surface area (Å²) in [5.41, 5.74) is 4.58. The van der Waals surface area contributed by atoms with Crippen molar-refractivity contribution in [3.8, 4) is 11.5 Å². The average molecular weight is 533 g/mol. The van der Waals surface area contributed by atoms with Gasteiger partial charge in [0.25, 0.3) is 0 Å². The van der Waals surface area contributed by atoms with Gasteiger partial charge in [-0.3, -0.25) is 4.79 Å². The first-order valence-corrected chi connectivity index (χ1v) is 13.4. The van der Waals surface area contributed by atoms with Gasteiger partial charge in [-0.1, -0.05) is 12.1 Å². The first kappa shape index (κ1) is 24.2. The van der Waals surface area contributed by atoms with Crippen molar-refractivity contribution in [3.05, 3.63) is 53.2 Å². The Morgan fingerprint density at radius 1 is 1.03 bits per heavy atom. The molecule has 196 valence electrons. The molecule has 6 rings (SSSR count). The number of nitrogens with one attached hydrogen (secondary N) is 2. The van der Waals surface area contributed by atoms with E-state index < -0.39 is 0 Å². The summed E-state index contributed by atoms with van der Waals surface area (Å²) in [6.07, 6.45) is 1.82. The Labute approximate surface area is 223 Å². The number of anilines is 3. The molecule has 0 aliphatic carbocycles. The number of hydrogen-bond donors (Lipinski definition) is 2. The summed E-state index contributed by atoms with van der Waals surface area (Å²) in [6.45, 7) is 6.73. The molecule has 1 saturated heterocycles. The first-order valence-electron chi connectivity index (χ1n) is 12.6. The predicted molar refractivity (Wildman–Crippen MR) is 146 cm³/mol. The van der Waals surface area contributed by atoms with Crippen LogP contribution in [0.3, 0.4) is 0 Å². The second kappa shape index (κ2) is 10.7. The minimum absolute atomic E-state index is 0.119.